The average Bonchev–Trinajstić information content (AvgIpc) is 3.16. The highest BCUT2D eigenvalue weighted by Crippen LogP contribution is 2.44. The maximum absolute atomic E-state index is 13.5. The van der Waals surface area contributed by atoms with E-state index in [1.807, 2.05) is 13.0 Å². The van der Waals surface area contributed by atoms with Crippen LogP contribution in [0.2, 0.25) is 0 Å². The monoisotopic (exact) mass is 248 g/mol. The van der Waals surface area contributed by atoms with Crippen molar-refractivity contribution in [1.29, 1.82) is 5.26 Å². The molecular weight excluding hydrogens is 231 g/mol. The van der Waals surface area contributed by atoms with Gasteiger partial charge in [0.25, 0.3) is 0 Å². The van der Waals surface area contributed by atoms with Crippen molar-refractivity contribution in [3.05, 3.63) is 35.1 Å². The van der Waals surface area contributed by atoms with Gasteiger partial charge in [-0.2, -0.15) is 5.26 Å². The molecule has 1 fully saturated rings. The highest BCUT2D eigenvalue weighted by Gasteiger charge is 2.41. The minimum atomic E-state index is -0.480. The summed E-state index contributed by atoms with van der Waals surface area (Å²) in [4.78, 5) is 0. The van der Waals surface area contributed by atoms with Crippen LogP contribution in [0.3, 0.4) is 0 Å². The van der Waals surface area contributed by atoms with Gasteiger partial charge < -0.3 is 10.4 Å². The largest absolute Gasteiger partial charge is 0.396 e. The van der Waals surface area contributed by atoms with E-state index >= 15 is 0 Å². The molecule has 18 heavy (non-hydrogen) atoms. The SMILES string of the molecule is CC(NCC1(CO)CC1)c1ccc(C#N)c(F)c1. The lowest BCUT2D eigenvalue weighted by molar-refractivity contribution is 0.204. The molecule has 3 nitrogen and oxygen atoms in total. The molecule has 4 heteroatoms. The molecule has 0 aliphatic heterocycles. The molecule has 0 bridgehead atoms. The van der Waals surface area contributed by atoms with Crippen molar-refractivity contribution in [2.45, 2.75) is 25.8 Å². The van der Waals surface area contributed by atoms with Gasteiger partial charge in [-0.15, -0.1) is 0 Å². The molecule has 96 valence electrons. The lowest BCUT2D eigenvalue weighted by Crippen LogP contribution is -2.28. The van der Waals surface area contributed by atoms with Gasteiger partial charge in [-0.05, 0) is 37.5 Å². The average molecular weight is 248 g/mol. The predicted molar refractivity (Wildman–Crippen MR) is 66.3 cm³/mol. The van der Waals surface area contributed by atoms with Crippen molar-refractivity contribution >= 4 is 0 Å². The van der Waals surface area contributed by atoms with Gasteiger partial charge in [0, 0.05) is 24.6 Å². The quantitative estimate of drug-likeness (QED) is 0.839. The number of aliphatic hydroxyl groups is 1. The van der Waals surface area contributed by atoms with Gasteiger partial charge in [-0.3, -0.25) is 0 Å². The fourth-order valence-corrected chi connectivity index (χ4v) is 1.95. The molecule has 0 heterocycles. The number of halogens is 1. The zero-order chi connectivity index (χ0) is 13.2. The third-order valence-corrected chi connectivity index (χ3v) is 3.69. The summed E-state index contributed by atoms with van der Waals surface area (Å²) < 4.78 is 13.5. The lowest BCUT2D eigenvalue weighted by Gasteiger charge is -2.18. The topological polar surface area (TPSA) is 56.0 Å². The summed E-state index contributed by atoms with van der Waals surface area (Å²) >= 11 is 0. The van der Waals surface area contributed by atoms with Crippen molar-refractivity contribution in [1.82, 2.24) is 5.32 Å². The molecular formula is C14H17FN2O. The first kappa shape index (κ1) is 13.0. The summed E-state index contributed by atoms with van der Waals surface area (Å²) in [5.74, 6) is -0.480. The van der Waals surface area contributed by atoms with Gasteiger partial charge in [0.15, 0.2) is 0 Å². The van der Waals surface area contributed by atoms with Gasteiger partial charge in [0.05, 0.1) is 5.56 Å². The van der Waals surface area contributed by atoms with Gasteiger partial charge in [-0.1, -0.05) is 6.07 Å². The number of hydrogen-bond donors (Lipinski definition) is 2. The summed E-state index contributed by atoms with van der Waals surface area (Å²) in [7, 11) is 0. The number of nitrogens with one attached hydrogen (secondary N) is 1. The first-order chi connectivity index (χ1) is 8.60. The molecule has 1 unspecified atom stereocenters. The standard InChI is InChI=1S/C14H17FN2O/c1-10(17-8-14(9-18)4-5-14)11-2-3-12(7-16)13(15)6-11/h2-3,6,10,17-18H,4-5,8-9H2,1H3. The van der Waals surface area contributed by atoms with Crippen LogP contribution in [0.4, 0.5) is 4.39 Å². The van der Waals surface area contributed by atoms with Crippen LogP contribution < -0.4 is 5.32 Å². The van der Waals surface area contributed by atoms with Crippen molar-refractivity contribution < 1.29 is 9.50 Å². The highest BCUT2D eigenvalue weighted by atomic mass is 19.1. The first-order valence-corrected chi connectivity index (χ1v) is 6.14. The van der Waals surface area contributed by atoms with E-state index in [1.165, 1.54) is 12.1 Å². The Morgan fingerprint density at radius 3 is 2.78 bits per heavy atom. The Hall–Kier alpha value is -1.44. The number of hydrogen-bond acceptors (Lipinski definition) is 3. The van der Waals surface area contributed by atoms with Gasteiger partial charge in [0.2, 0.25) is 0 Å². The van der Waals surface area contributed by atoms with Crippen LogP contribution in [-0.2, 0) is 0 Å². The second kappa shape index (κ2) is 5.05. The fourth-order valence-electron chi connectivity index (χ4n) is 1.95. The Kier molecular flexibility index (Phi) is 3.65. The molecule has 2 N–H and O–H groups in total. The molecule has 1 aliphatic rings. The van der Waals surface area contributed by atoms with Gasteiger partial charge >= 0.3 is 0 Å². The number of rotatable bonds is 5. The third-order valence-electron chi connectivity index (χ3n) is 3.69. The van der Waals surface area contributed by atoms with Crippen LogP contribution in [0.25, 0.3) is 0 Å². The van der Waals surface area contributed by atoms with Crippen LogP contribution in [-0.4, -0.2) is 18.3 Å². The first-order valence-electron chi connectivity index (χ1n) is 6.14. The summed E-state index contributed by atoms with van der Waals surface area (Å²) in [6.45, 7) is 2.90. The normalized spacial score (nSPS) is 18.1. The summed E-state index contributed by atoms with van der Waals surface area (Å²) in [6, 6.07) is 6.48. The van der Waals surface area contributed by atoms with Crippen LogP contribution in [0.1, 0.15) is 36.9 Å². The van der Waals surface area contributed by atoms with E-state index in [2.05, 4.69) is 5.32 Å². The van der Waals surface area contributed by atoms with E-state index in [0.29, 0.717) is 0 Å². The second-order valence-electron chi connectivity index (χ2n) is 5.11. The molecule has 0 amide bonds. The van der Waals surface area contributed by atoms with E-state index in [-0.39, 0.29) is 23.6 Å². The second-order valence-corrected chi connectivity index (χ2v) is 5.11. The molecule has 2 rings (SSSR count). The van der Waals surface area contributed by atoms with E-state index in [9.17, 15) is 9.50 Å². The third kappa shape index (κ3) is 2.69. The Balaban J connectivity index is 1.99. The molecule has 1 aromatic rings. The Labute approximate surface area is 106 Å². The molecule has 1 aromatic carbocycles. The van der Waals surface area contributed by atoms with Crippen LogP contribution >= 0.6 is 0 Å². The summed E-state index contributed by atoms with van der Waals surface area (Å²) in [6.07, 6.45) is 2.09. The number of nitrogens with zero attached hydrogens (tertiary/aromatic N) is 1. The molecule has 1 saturated carbocycles. The minimum Gasteiger partial charge on any atom is -0.396 e. The minimum absolute atomic E-state index is 0.0104. The van der Waals surface area contributed by atoms with Crippen molar-refractivity contribution in [3.63, 3.8) is 0 Å². The summed E-state index contributed by atoms with van der Waals surface area (Å²) in [5.41, 5.74) is 0.930. The van der Waals surface area contributed by atoms with E-state index in [0.717, 1.165) is 24.9 Å². The lowest BCUT2D eigenvalue weighted by atomic mass is 10.0. The van der Waals surface area contributed by atoms with Crippen molar-refractivity contribution in [2.75, 3.05) is 13.2 Å². The van der Waals surface area contributed by atoms with Crippen molar-refractivity contribution in [2.24, 2.45) is 5.41 Å². The molecule has 0 aromatic heterocycles. The number of nitriles is 1. The molecule has 1 atom stereocenters. The molecule has 0 spiro atoms. The summed E-state index contributed by atoms with van der Waals surface area (Å²) in [5, 5.41) is 21.2. The Morgan fingerprint density at radius 2 is 2.28 bits per heavy atom. The predicted octanol–water partition coefficient (Wildman–Crippen LogP) is 2.12. The maximum Gasteiger partial charge on any atom is 0.141 e. The number of benzene rings is 1. The molecule has 0 saturated heterocycles. The maximum atomic E-state index is 13.5. The van der Waals surface area contributed by atoms with E-state index in [4.69, 9.17) is 5.26 Å². The Morgan fingerprint density at radius 1 is 1.56 bits per heavy atom. The smallest absolute Gasteiger partial charge is 0.141 e. The van der Waals surface area contributed by atoms with Gasteiger partial charge in [-0.25, -0.2) is 4.39 Å². The van der Waals surface area contributed by atoms with Gasteiger partial charge in [0.1, 0.15) is 11.9 Å². The van der Waals surface area contributed by atoms with Crippen LogP contribution in [0, 0.1) is 22.6 Å². The zero-order valence-electron chi connectivity index (χ0n) is 10.4. The number of aliphatic hydroxyl groups excluding tert-OH is 1. The zero-order valence-corrected chi connectivity index (χ0v) is 10.4. The molecule has 1 aliphatic carbocycles. The fraction of sp³-hybridized carbons (Fsp3) is 0.500. The van der Waals surface area contributed by atoms with Crippen LogP contribution in [0.5, 0.6) is 0 Å². The van der Waals surface area contributed by atoms with E-state index < -0.39 is 5.82 Å². The molecule has 0 radical (unpaired) electrons. The Bertz CT molecular complexity index is 477. The van der Waals surface area contributed by atoms with Crippen molar-refractivity contribution in [3.8, 4) is 6.07 Å². The highest BCUT2D eigenvalue weighted by molar-refractivity contribution is 5.34. The van der Waals surface area contributed by atoms with Crippen LogP contribution in [0.15, 0.2) is 18.2 Å². The van der Waals surface area contributed by atoms with E-state index in [1.54, 1.807) is 6.07 Å².